The Bertz CT molecular complexity index is 1230. The monoisotopic (exact) mass is 510 g/mol. The van der Waals surface area contributed by atoms with E-state index >= 15 is 0 Å². The largest absolute Gasteiger partial charge is 0.480 e. The summed E-state index contributed by atoms with van der Waals surface area (Å²) in [5, 5.41) is 16.3. The van der Waals surface area contributed by atoms with Gasteiger partial charge in [-0.3, -0.25) is 19.7 Å². The molecule has 4 amide bonds. The van der Waals surface area contributed by atoms with Crippen molar-refractivity contribution in [3.8, 4) is 0 Å². The number of benzene rings is 2. The number of nitrogens with two attached hydrogens (primary N) is 1. The molecule has 0 saturated carbocycles. The normalized spacial score (nSPS) is 25.4. The number of carboxylic acids is 1. The van der Waals surface area contributed by atoms with E-state index in [1.165, 1.54) is 6.07 Å². The Kier molecular flexibility index (Phi) is 7.14. The van der Waals surface area contributed by atoms with Crippen LogP contribution in [0.3, 0.4) is 0 Å². The average Bonchev–Trinajstić information content (AvgIpc) is 3.32. The SMILES string of the molecule is Cc1ccc(N2C(=O)C3C(C=Cc4ccccc4)NC(CCCNC(N)=O)(C(=O)O)C3C2=O)cc1Cl. The van der Waals surface area contributed by atoms with Crippen LogP contribution in [0, 0.1) is 18.8 Å². The number of rotatable bonds is 8. The van der Waals surface area contributed by atoms with Gasteiger partial charge < -0.3 is 16.2 Å². The van der Waals surface area contributed by atoms with Crippen LogP contribution in [0.2, 0.25) is 5.02 Å². The van der Waals surface area contributed by atoms with Crippen LogP contribution in [-0.4, -0.2) is 47.0 Å². The minimum Gasteiger partial charge on any atom is -0.480 e. The molecule has 2 aliphatic rings. The maximum Gasteiger partial charge on any atom is 0.324 e. The van der Waals surface area contributed by atoms with Crippen molar-refractivity contribution in [1.29, 1.82) is 0 Å². The molecule has 36 heavy (non-hydrogen) atoms. The van der Waals surface area contributed by atoms with Crippen LogP contribution in [0.1, 0.15) is 24.0 Å². The van der Waals surface area contributed by atoms with Crippen LogP contribution < -0.4 is 21.3 Å². The van der Waals surface area contributed by atoms with E-state index in [1.807, 2.05) is 30.3 Å². The molecular formula is C26H27ClN4O5. The Morgan fingerprint density at radius 2 is 1.92 bits per heavy atom. The van der Waals surface area contributed by atoms with E-state index in [2.05, 4.69) is 10.6 Å². The van der Waals surface area contributed by atoms with Crippen LogP contribution in [0.5, 0.6) is 0 Å². The summed E-state index contributed by atoms with van der Waals surface area (Å²) in [6.07, 6.45) is 3.76. The summed E-state index contributed by atoms with van der Waals surface area (Å²) in [5.41, 5.74) is 5.36. The molecule has 0 aromatic heterocycles. The van der Waals surface area contributed by atoms with Crippen molar-refractivity contribution in [3.05, 3.63) is 70.8 Å². The molecule has 2 aromatic carbocycles. The Balaban J connectivity index is 1.73. The number of urea groups is 1. The predicted octanol–water partition coefficient (Wildman–Crippen LogP) is 2.71. The zero-order chi connectivity index (χ0) is 26.0. The lowest BCUT2D eigenvalue weighted by molar-refractivity contribution is -0.149. The zero-order valence-corrected chi connectivity index (χ0v) is 20.4. The summed E-state index contributed by atoms with van der Waals surface area (Å²) >= 11 is 6.26. The van der Waals surface area contributed by atoms with Crippen molar-refractivity contribution in [2.45, 2.75) is 31.3 Å². The van der Waals surface area contributed by atoms with Crippen molar-refractivity contribution in [2.75, 3.05) is 11.4 Å². The number of fused-ring (bicyclic) bond motifs is 1. The number of carbonyl (C=O) groups is 4. The first kappa shape index (κ1) is 25.4. The van der Waals surface area contributed by atoms with E-state index < -0.39 is 47.2 Å². The smallest absolute Gasteiger partial charge is 0.324 e. The molecule has 4 unspecified atom stereocenters. The third-order valence-electron chi connectivity index (χ3n) is 6.83. The number of aryl methyl sites for hydroxylation is 1. The molecule has 2 heterocycles. The van der Waals surface area contributed by atoms with Gasteiger partial charge in [0.15, 0.2) is 0 Å². The van der Waals surface area contributed by atoms with E-state index in [9.17, 15) is 24.3 Å². The van der Waals surface area contributed by atoms with Gasteiger partial charge in [-0.1, -0.05) is 60.2 Å². The second kappa shape index (κ2) is 10.1. The van der Waals surface area contributed by atoms with Crippen LogP contribution in [0.15, 0.2) is 54.6 Å². The number of nitrogens with zero attached hydrogens (tertiary/aromatic N) is 1. The Labute approximate surface area is 213 Å². The van der Waals surface area contributed by atoms with E-state index in [0.717, 1.165) is 16.0 Å². The molecule has 0 aliphatic carbocycles. The fourth-order valence-electron chi connectivity index (χ4n) is 5.08. The fraction of sp³-hybridized carbons (Fsp3) is 0.308. The highest BCUT2D eigenvalue weighted by Gasteiger charge is 2.67. The molecule has 0 radical (unpaired) electrons. The maximum absolute atomic E-state index is 13.7. The molecule has 2 aromatic rings. The van der Waals surface area contributed by atoms with Crippen LogP contribution >= 0.6 is 11.6 Å². The summed E-state index contributed by atoms with van der Waals surface area (Å²) < 4.78 is 0. The Hall–Kier alpha value is -3.69. The first-order chi connectivity index (χ1) is 17.2. The topological polar surface area (TPSA) is 142 Å². The Morgan fingerprint density at radius 3 is 2.56 bits per heavy atom. The maximum atomic E-state index is 13.7. The second-order valence-corrected chi connectivity index (χ2v) is 9.47. The van der Waals surface area contributed by atoms with Crippen LogP contribution in [0.25, 0.3) is 6.08 Å². The summed E-state index contributed by atoms with van der Waals surface area (Å²) in [4.78, 5) is 52.2. The van der Waals surface area contributed by atoms with E-state index in [1.54, 1.807) is 31.2 Å². The highest BCUT2D eigenvalue weighted by atomic mass is 35.5. The first-order valence-electron chi connectivity index (χ1n) is 11.6. The molecule has 9 nitrogen and oxygen atoms in total. The third-order valence-corrected chi connectivity index (χ3v) is 7.24. The number of halogens is 1. The molecule has 4 atom stereocenters. The van der Waals surface area contributed by atoms with Crippen molar-refractivity contribution in [2.24, 2.45) is 17.6 Å². The minimum absolute atomic E-state index is 0.000963. The quantitative estimate of drug-likeness (QED) is 0.318. The molecule has 2 fully saturated rings. The number of imide groups is 1. The summed E-state index contributed by atoms with van der Waals surface area (Å²) in [6, 6.07) is 12.8. The number of carbonyl (C=O) groups excluding carboxylic acids is 3. The molecule has 2 aliphatic heterocycles. The second-order valence-electron chi connectivity index (χ2n) is 9.06. The lowest BCUT2D eigenvalue weighted by Gasteiger charge is -2.31. The van der Waals surface area contributed by atoms with Gasteiger partial charge in [-0.15, -0.1) is 0 Å². The highest BCUT2D eigenvalue weighted by Crippen LogP contribution is 2.47. The van der Waals surface area contributed by atoms with Gasteiger partial charge in [-0.2, -0.15) is 0 Å². The minimum atomic E-state index is -1.72. The summed E-state index contributed by atoms with van der Waals surface area (Å²) in [7, 11) is 0. The van der Waals surface area contributed by atoms with E-state index in [-0.39, 0.29) is 19.4 Å². The van der Waals surface area contributed by atoms with E-state index in [4.69, 9.17) is 17.3 Å². The van der Waals surface area contributed by atoms with Crippen LogP contribution in [-0.2, 0) is 14.4 Å². The van der Waals surface area contributed by atoms with Gasteiger partial charge >= 0.3 is 12.0 Å². The lowest BCUT2D eigenvalue weighted by atomic mass is 9.77. The first-order valence-corrected chi connectivity index (χ1v) is 11.9. The molecule has 10 heteroatoms. The number of nitrogens with one attached hydrogen (secondary N) is 2. The number of amides is 4. The number of aliphatic carboxylic acids is 1. The van der Waals surface area contributed by atoms with Gasteiger partial charge in [0, 0.05) is 17.6 Å². The van der Waals surface area contributed by atoms with Gasteiger partial charge in [-0.25, -0.2) is 9.69 Å². The van der Waals surface area contributed by atoms with Gasteiger partial charge in [0.25, 0.3) is 0 Å². The average molecular weight is 511 g/mol. The highest BCUT2D eigenvalue weighted by molar-refractivity contribution is 6.32. The lowest BCUT2D eigenvalue weighted by Crippen LogP contribution is -2.57. The van der Waals surface area contributed by atoms with Crippen molar-refractivity contribution in [1.82, 2.24) is 10.6 Å². The number of primary amides is 1. The van der Waals surface area contributed by atoms with Crippen molar-refractivity contribution in [3.63, 3.8) is 0 Å². The molecule has 188 valence electrons. The van der Waals surface area contributed by atoms with Gasteiger partial charge in [-0.05, 0) is 43.0 Å². The van der Waals surface area contributed by atoms with Gasteiger partial charge in [0.05, 0.1) is 17.5 Å². The van der Waals surface area contributed by atoms with Crippen molar-refractivity contribution < 1.29 is 24.3 Å². The van der Waals surface area contributed by atoms with Gasteiger partial charge in [0.1, 0.15) is 5.54 Å². The molecule has 0 spiro atoms. The summed E-state index contributed by atoms with van der Waals surface area (Å²) in [5.74, 6) is -4.41. The summed E-state index contributed by atoms with van der Waals surface area (Å²) in [6.45, 7) is 1.94. The van der Waals surface area contributed by atoms with Gasteiger partial charge in [0.2, 0.25) is 11.8 Å². The molecule has 4 rings (SSSR count). The third kappa shape index (κ3) is 4.59. The Morgan fingerprint density at radius 1 is 1.19 bits per heavy atom. The van der Waals surface area contributed by atoms with E-state index in [0.29, 0.717) is 10.7 Å². The molecule has 5 N–H and O–H groups in total. The molecular weight excluding hydrogens is 484 g/mol. The molecule has 2 saturated heterocycles. The fourth-order valence-corrected chi connectivity index (χ4v) is 5.25. The van der Waals surface area contributed by atoms with Crippen LogP contribution in [0.4, 0.5) is 10.5 Å². The predicted molar refractivity (Wildman–Crippen MR) is 135 cm³/mol. The molecule has 0 bridgehead atoms. The van der Waals surface area contributed by atoms with Crippen molar-refractivity contribution >= 4 is 47.2 Å². The standard InChI is InChI=1S/C26H27ClN4O5/c1-15-8-10-17(14-18(15)27)31-22(32)20-19(11-9-16-6-3-2-4-7-16)30-26(24(34)35,21(20)23(31)33)12-5-13-29-25(28)36/h2-4,6-11,14,19-21,30H,5,12-13H2,1H3,(H,34,35)(H3,28,29,36). The number of anilines is 1. The number of hydrogen-bond acceptors (Lipinski definition) is 5. The number of hydrogen-bond donors (Lipinski definition) is 4. The number of carboxylic acid groups (broad SMARTS) is 1. The zero-order valence-electron chi connectivity index (χ0n) is 19.6.